The van der Waals surface area contributed by atoms with E-state index >= 15 is 0 Å². The Hall–Kier alpha value is -1.92. The van der Waals surface area contributed by atoms with Crippen LogP contribution in [0.2, 0.25) is 0 Å². The predicted molar refractivity (Wildman–Crippen MR) is 33.0 cm³/mol. The molecule has 14 heteroatoms. The van der Waals surface area contributed by atoms with E-state index < -0.39 is 15.3 Å². The van der Waals surface area contributed by atoms with Crippen LogP contribution in [0, 0.1) is 46.0 Å². The van der Waals surface area contributed by atoms with Gasteiger partial charge in [-0.05, 0) is 0 Å². The van der Waals surface area contributed by atoms with E-state index in [0.717, 1.165) is 0 Å². The molecule has 88 valence electrons. The van der Waals surface area contributed by atoms with Crippen molar-refractivity contribution in [2.24, 2.45) is 0 Å². The molecule has 0 aliphatic rings. The summed E-state index contributed by atoms with van der Waals surface area (Å²) in [7, 11) is 0. The minimum atomic E-state index is -1.75. The molecule has 0 saturated heterocycles. The molecule has 0 aliphatic heterocycles. The smallest absolute Gasteiger partial charge is 0.0689 e. The Morgan fingerprint density at radius 3 is 0.571 bits per heavy atom. The van der Waals surface area contributed by atoms with Crippen LogP contribution in [0.1, 0.15) is 0 Å². The van der Waals surface area contributed by atoms with Crippen LogP contribution in [-0.2, 0) is 17.1 Å². The third-order valence-electron chi connectivity index (χ3n) is 0. The van der Waals surface area contributed by atoms with E-state index in [1.165, 1.54) is 0 Å². The van der Waals surface area contributed by atoms with Crippen LogP contribution in [-0.4, -0.2) is 20.7 Å². The molecule has 0 bridgehead atoms. The maximum Gasteiger partial charge on any atom is 0.0689 e. The summed E-state index contributed by atoms with van der Waals surface area (Å²) >= 11 is 0. The number of hydrogen-bond acceptors (Lipinski definition) is 10. The van der Waals surface area contributed by atoms with Gasteiger partial charge in [0.15, 0.2) is 0 Å². The van der Waals surface area contributed by atoms with Gasteiger partial charge in [0.2, 0.25) is 0 Å². The van der Waals surface area contributed by atoms with E-state index in [0.29, 0.717) is 0 Å². The number of nitrogens with zero attached hydrogens (tertiary/aromatic N) is 3. The molecule has 0 aliphatic carbocycles. The Labute approximate surface area is 84.7 Å². The Bertz CT molecular complexity index is 113. The Balaban J connectivity index is -0.0000000270. The van der Waals surface area contributed by atoms with E-state index in [4.69, 9.17) is 46.0 Å². The summed E-state index contributed by atoms with van der Waals surface area (Å²) in [6, 6.07) is 0. The van der Waals surface area contributed by atoms with Crippen LogP contribution in [0.3, 0.4) is 0 Å². The van der Waals surface area contributed by atoms with Crippen LogP contribution < -0.4 is 0 Å². The first-order valence-corrected chi connectivity index (χ1v) is 1.64. The standard InChI is InChI=1S/Fe.3NO3.H2O/c;3*2-1(3)4;/h;;;;1H2/q;3*-1;/p-1. The molecule has 14 heavy (non-hydrogen) atoms. The molecule has 0 fully saturated rings. The van der Waals surface area contributed by atoms with Gasteiger partial charge in [-0.3, -0.25) is 0 Å². The van der Waals surface area contributed by atoms with Gasteiger partial charge in [0.05, 0.1) is 15.3 Å². The van der Waals surface area contributed by atoms with E-state index in [-0.39, 0.29) is 22.5 Å². The second-order valence-electron chi connectivity index (χ2n) is 0.671. The van der Waals surface area contributed by atoms with Crippen LogP contribution in [0.25, 0.3) is 0 Å². The molecule has 0 aromatic rings. The van der Waals surface area contributed by atoms with Gasteiger partial charge in [0, 0.05) is 17.1 Å². The van der Waals surface area contributed by atoms with Gasteiger partial charge in [0.1, 0.15) is 0 Å². The van der Waals surface area contributed by atoms with Gasteiger partial charge < -0.3 is 51.4 Å². The number of rotatable bonds is 0. The fraction of sp³-hybridized carbons (Fsp3) is 0. The molecule has 0 atom stereocenters. The summed E-state index contributed by atoms with van der Waals surface area (Å²) in [6.45, 7) is 0. The fourth-order valence-corrected chi connectivity index (χ4v) is 0. The van der Waals surface area contributed by atoms with Gasteiger partial charge in [-0.1, -0.05) is 0 Å². The van der Waals surface area contributed by atoms with Crippen molar-refractivity contribution in [2.75, 3.05) is 0 Å². The molecular formula is HFeN3O10-4. The molecule has 0 amide bonds. The molecule has 0 aromatic carbocycles. The van der Waals surface area contributed by atoms with Gasteiger partial charge >= 0.3 is 0 Å². The summed E-state index contributed by atoms with van der Waals surface area (Å²) in [5, 5.41) is 44.2. The maximum absolute atomic E-state index is 8.25. The molecular weight excluding hydrogens is 258 g/mol. The van der Waals surface area contributed by atoms with Crippen molar-refractivity contribution in [3.05, 3.63) is 46.0 Å². The fourth-order valence-electron chi connectivity index (χ4n) is 0. The third-order valence-corrected chi connectivity index (χ3v) is 0. The van der Waals surface area contributed by atoms with Crippen LogP contribution in [0.15, 0.2) is 0 Å². The second-order valence-corrected chi connectivity index (χ2v) is 0.671. The Morgan fingerprint density at radius 1 is 0.571 bits per heavy atom. The van der Waals surface area contributed by atoms with E-state index in [1.807, 2.05) is 0 Å². The summed E-state index contributed by atoms with van der Waals surface area (Å²) in [5.41, 5.74) is 0. The van der Waals surface area contributed by atoms with Crippen molar-refractivity contribution < 1.29 is 37.8 Å². The van der Waals surface area contributed by atoms with Gasteiger partial charge in [-0.15, -0.1) is 0 Å². The monoisotopic (exact) mass is 259 g/mol. The first-order valence-electron chi connectivity index (χ1n) is 1.64. The molecule has 0 heterocycles. The SMILES string of the molecule is O=[N+]([O-])[O-].O=[N+]([O-])[O-].O=[N+]([O-])[O-].[Fe].[OH-]. The number of hydrogen-bond donors (Lipinski definition) is 0. The molecule has 0 unspecified atom stereocenters. The zero-order valence-corrected chi connectivity index (χ0v) is 6.92. The van der Waals surface area contributed by atoms with E-state index in [1.54, 1.807) is 0 Å². The topological polar surface area (TPSA) is 229 Å². The van der Waals surface area contributed by atoms with Crippen LogP contribution in [0.5, 0.6) is 0 Å². The predicted octanol–water partition coefficient (Wildman–Crippen LogP) is -0.897. The van der Waals surface area contributed by atoms with Gasteiger partial charge in [0.25, 0.3) is 0 Å². The Morgan fingerprint density at radius 2 is 0.571 bits per heavy atom. The maximum atomic E-state index is 8.25. The molecule has 0 spiro atoms. The van der Waals surface area contributed by atoms with Crippen molar-refractivity contribution in [2.45, 2.75) is 0 Å². The average molecular weight is 259 g/mol. The summed E-state index contributed by atoms with van der Waals surface area (Å²) in [4.78, 5) is 24.8. The minimum absolute atomic E-state index is 0. The largest absolute Gasteiger partial charge is 0.870 e. The second kappa shape index (κ2) is 22.5. The Kier molecular flexibility index (Phi) is 47.5. The zero-order chi connectivity index (χ0) is 10.7. The molecule has 1 N–H and O–H groups in total. The summed E-state index contributed by atoms with van der Waals surface area (Å²) in [6.07, 6.45) is 0. The van der Waals surface area contributed by atoms with Crippen LogP contribution >= 0.6 is 0 Å². The van der Waals surface area contributed by atoms with Crippen molar-refractivity contribution in [1.82, 2.24) is 0 Å². The zero-order valence-electron chi connectivity index (χ0n) is 5.82. The van der Waals surface area contributed by atoms with Crippen molar-refractivity contribution in [3.8, 4) is 0 Å². The summed E-state index contributed by atoms with van der Waals surface area (Å²) in [5.74, 6) is 0. The van der Waals surface area contributed by atoms with Crippen molar-refractivity contribution in [3.63, 3.8) is 0 Å². The quantitative estimate of drug-likeness (QED) is 0.295. The van der Waals surface area contributed by atoms with Crippen LogP contribution in [0.4, 0.5) is 0 Å². The molecule has 0 aromatic heterocycles. The first-order chi connectivity index (χ1) is 5.20. The third kappa shape index (κ3) is 225. The minimum Gasteiger partial charge on any atom is -0.870 e. The average Bonchev–Trinajstić information content (AvgIpc) is 1.54. The van der Waals surface area contributed by atoms with Crippen molar-refractivity contribution >= 4 is 0 Å². The van der Waals surface area contributed by atoms with E-state index in [2.05, 4.69) is 0 Å². The molecule has 0 radical (unpaired) electrons. The molecule has 13 nitrogen and oxygen atoms in total. The summed E-state index contributed by atoms with van der Waals surface area (Å²) < 4.78 is 0. The van der Waals surface area contributed by atoms with E-state index in [9.17, 15) is 0 Å². The molecule has 0 rings (SSSR count). The van der Waals surface area contributed by atoms with Gasteiger partial charge in [-0.2, -0.15) is 0 Å². The molecule has 0 saturated carbocycles. The first kappa shape index (κ1) is 29.6. The van der Waals surface area contributed by atoms with Crippen molar-refractivity contribution in [1.29, 1.82) is 0 Å². The van der Waals surface area contributed by atoms with Gasteiger partial charge in [-0.25, -0.2) is 0 Å². The normalized spacial score (nSPS) is 5.14.